The van der Waals surface area contributed by atoms with E-state index in [1.54, 1.807) is 30.6 Å². The number of ketones is 1. The van der Waals surface area contributed by atoms with Gasteiger partial charge in [0, 0.05) is 18.0 Å². The highest BCUT2D eigenvalue weighted by Gasteiger charge is 2.00. The molecule has 1 aliphatic carbocycles. The summed E-state index contributed by atoms with van der Waals surface area (Å²) >= 11 is 0. The predicted octanol–water partition coefficient (Wildman–Crippen LogP) is 2.71. The van der Waals surface area contributed by atoms with Crippen LogP contribution in [0.3, 0.4) is 0 Å². The molecule has 2 nitrogen and oxygen atoms in total. The van der Waals surface area contributed by atoms with Crippen molar-refractivity contribution >= 4 is 5.78 Å². The van der Waals surface area contributed by atoms with Crippen molar-refractivity contribution in [1.29, 1.82) is 0 Å². The highest BCUT2D eigenvalue weighted by molar-refractivity contribution is 6.04. The first-order valence-corrected chi connectivity index (χ1v) is 4.85. The summed E-state index contributed by atoms with van der Waals surface area (Å²) in [5.74, 6) is 0.0126. The Balaban J connectivity index is 2.07. The number of rotatable bonds is 3. The Bertz CT molecular complexity index is 441. The van der Waals surface area contributed by atoms with Crippen molar-refractivity contribution < 1.29 is 4.79 Å². The summed E-state index contributed by atoms with van der Waals surface area (Å²) in [6.45, 7) is 0. The Kier molecular flexibility index (Phi) is 2.88. The summed E-state index contributed by atoms with van der Waals surface area (Å²) in [5.41, 5.74) is 1.77. The second-order valence-electron chi connectivity index (χ2n) is 3.28. The molecular formula is C13H11NO. The molecule has 0 saturated heterocycles. The number of hydrogen-bond acceptors (Lipinski definition) is 2. The van der Waals surface area contributed by atoms with Crippen LogP contribution in [0.15, 0.2) is 60.5 Å². The lowest BCUT2D eigenvalue weighted by molar-refractivity contribution is 0.104. The van der Waals surface area contributed by atoms with E-state index in [4.69, 9.17) is 0 Å². The lowest BCUT2D eigenvalue weighted by atomic mass is 10.1. The zero-order valence-corrected chi connectivity index (χ0v) is 8.26. The van der Waals surface area contributed by atoms with Crippen LogP contribution < -0.4 is 0 Å². The van der Waals surface area contributed by atoms with E-state index in [9.17, 15) is 4.79 Å². The molecular weight excluding hydrogens is 186 g/mol. The third-order valence-electron chi connectivity index (χ3n) is 2.19. The average Bonchev–Trinajstić information content (AvgIpc) is 2.80. The first-order valence-electron chi connectivity index (χ1n) is 4.85. The Morgan fingerprint density at radius 3 is 2.80 bits per heavy atom. The zero-order valence-electron chi connectivity index (χ0n) is 8.26. The molecule has 0 bridgehead atoms. The normalized spacial score (nSPS) is 14.5. The van der Waals surface area contributed by atoms with Crippen molar-refractivity contribution in [3.63, 3.8) is 0 Å². The van der Waals surface area contributed by atoms with Gasteiger partial charge in [0.1, 0.15) is 0 Å². The summed E-state index contributed by atoms with van der Waals surface area (Å²) in [4.78, 5) is 15.5. The van der Waals surface area contributed by atoms with Gasteiger partial charge in [0.15, 0.2) is 5.78 Å². The van der Waals surface area contributed by atoms with Crippen LogP contribution in [0.2, 0.25) is 0 Å². The zero-order chi connectivity index (χ0) is 10.5. The van der Waals surface area contributed by atoms with Crippen LogP contribution in [0.4, 0.5) is 0 Å². The van der Waals surface area contributed by atoms with E-state index >= 15 is 0 Å². The molecule has 0 amide bonds. The van der Waals surface area contributed by atoms with Crippen LogP contribution in [-0.2, 0) is 0 Å². The Morgan fingerprint density at radius 1 is 1.33 bits per heavy atom. The van der Waals surface area contributed by atoms with Crippen LogP contribution in [0, 0.1) is 0 Å². The molecule has 2 heteroatoms. The summed E-state index contributed by atoms with van der Waals surface area (Å²) < 4.78 is 0. The van der Waals surface area contributed by atoms with Crippen LogP contribution in [0.1, 0.15) is 16.8 Å². The minimum atomic E-state index is 0.0126. The van der Waals surface area contributed by atoms with Gasteiger partial charge < -0.3 is 0 Å². The fourth-order valence-corrected chi connectivity index (χ4v) is 1.38. The first kappa shape index (κ1) is 9.59. The maximum Gasteiger partial charge on any atom is 0.185 e. The van der Waals surface area contributed by atoms with Gasteiger partial charge in [-0.3, -0.25) is 9.78 Å². The number of nitrogens with zero attached hydrogens (tertiary/aromatic N) is 1. The molecule has 0 spiro atoms. The van der Waals surface area contributed by atoms with Gasteiger partial charge in [-0.1, -0.05) is 24.3 Å². The van der Waals surface area contributed by atoms with Crippen LogP contribution in [-0.4, -0.2) is 10.8 Å². The topological polar surface area (TPSA) is 30.0 Å². The molecule has 0 saturated carbocycles. The molecule has 0 unspecified atom stereocenters. The van der Waals surface area contributed by atoms with E-state index in [1.807, 2.05) is 12.2 Å². The quantitative estimate of drug-likeness (QED) is 0.551. The molecule has 2 rings (SSSR count). The van der Waals surface area contributed by atoms with Crippen molar-refractivity contribution in [2.24, 2.45) is 0 Å². The van der Waals surface area contributed by atoms with Crippen LogP contribution in [0.25, 0.3) is 0 Å². The molecule has 0 fully saturated rings. The number of carbonyl (C=O) groups is 1. The van der Waals surface area contributed by atoms with Gasteiger partial charge in [0.25, 0.3) is 0 Å². The lowest BCUT2D eigenvalue weighted by Crippen LogP contribution is -1.93. The standard InChI is InChI=1S/C13H11NO/c15-13(12-7-9-14-10-8-12)6-5-11-3-1-2-4-11/h1,3-10H,2H2/b6-5+. The SMILES string of the molecule is O=C(/C=C/C1=CCC=C1)c1ccncc1. The Morgan fingerprint density at radius 2 is 2.13 bits per heavy atom. The first-order chi connectivity index (χ1) is 7.36. The summed E-state index contributed by atoms with van der Waals surface area (Å²) in [7, 11) is 0. The molecule has 0 radical (unpaired) electrons. The van der Waals surface area contributed by atoms with Gasteiger partial charge in [-0.15, -0.1) is 0 Å². The number of hydrogen-bond donors (Lipinski definition) is 0. The number of aromatic nitrogens is 1. The van der Waals surface area contributed by atoms with E-state index in [0.29, 0.717) is 5.56 Å². The molecule has 0 atom stereocenters. The fourth-order valence-electron chi connectivity index (χ4n) is 1.38. The highest BCUT2D eigenvalue weighted by Crippen LogP contribution is 2.10. The third kappa shape index (κ3) is 2.50. The highest BCUT2D eigenvalue weighted by atomic mass is 16.1. The van der Waals surface area contributed by atoms with Gasteiger partial charge in [-0.05, 0) is 30.2 Å². The van der Waals surface area contributed by atoms with E-state index in [2.05, 4.69) is 17.1 Å². The van der Waals surface area contributed by atoms with Gasteiger partial charge in [0.2, 0.25) is 0 Å². The van der Waals surface area contributed by atoms with Crippen molar-refractivity contribution in [2.75, 3.05) is 0 Å². The van der Waals surface area contributed by atoms with Gasteiger partial charge in [-0.25, -0.2) is 0 Å². The Labute approximate surface area is 88.7 Å². The predicted molar refractivity (Wildman–Crippen MR) is 59.5 cm³/mol. The molecule has 15 heavy (non-hydrogen) atoms. The van der Waals surface area contributed by atoms with E-state index in [1.165, 1.54) is 0 Å². The fraction of sp³-hybridized carbons (Fsp3) is 0.0769. The maximum atomic E-state index is 11.6. The third-order valence-corrected chi connectivity index (χ3v) is 2.19. The molecule has 0 N–H and O–H groups in total. The van der Waals surface area contributed by atoms with Crippen LogP contribution in [0.5, 0.6) is 0 Å². The summed E-state index contributed by atoms with van der Waals surface area (Å²) in [6, 6.07) is 3.43. The maximum absolute atomic E-state index is 11.6. The summed E-state index contributed by atoms with van der Waals surface area (Å²) in [5, 5.41) is 0. The number of pyridine rings is 1. The number of carbonyl (C=O) groups excluding carboxylic acids is 1. The molecule has 0 aliphatic heterocycles. The average molecular weight is 197 g/mol. The van der Waals surface area contributed by atoms with E-state index in [0.717, 1.165) is 12.0 Å². The van der Waals surface area contributed by atoms with Gasteiger partial charge >= 0.3 is 0 Å². The second kappa shape index (κ2) is 4.51. The molecule has 74 valence electrons. The minimum Gasteiger partial charge on any atom is -0.289 e. The van der Waals surface area contributed by atoms with E-state index < -0.39 is 0 Å². The lowest BCUT2D eigenvalue weighted by Gasteiger charge is -1.93. The van der Waals surface area contributed by atoms with E-state index in [-0.39, 0.29) is 5.78 Å². The molecule has 1 aromatic rings. The summed E-state index contributed by atoms with van der Waals surface area (Å²) in [6.07, 6.45) is 13.8. The smallest absolute Gasteiger partial charge is 0.185 e. The van der Waals surface area contributed by atoms with Crippen molar-refractivity contribution in [3.8, 4) is 0 Å². The molecule has 1 aromatic heterocycles. The Hall–Kier alpha value is -1.96. The molecule has 1 aliphatic rings. The minimum absolute atomic E-state index is 0.0126. The van der Waals surface area contributed by atoms with Crippen molar-refractivity contribution in [2.45, 2.75) is 6.42 Å². The second-order valence-corrected chi connectivity index (χ2v) is 3.28. The van der Waals surface area contributed by atoms with Crippen molar-refractivity contribution in [3.05, 3.63) is 66.0 Å². The molecule has 0 aromatic carbocycles. The van der Waals surface area contributed by atoms with Gasteiger partial charge in [-0.2, -0.15) is 0 Å². The van der Waals surface area contributed by atoms with Crippen LogP contribution >= 0.6 is 0 Å². The van der Waals surface area contributed by atoms with Gasteiger partial charge in [0.05, 0.1) is 0 Å². The largest absolute Gasteiger partial charge is 0.289 e. The monoisotopic (exact) mass is 197 g/mol. The number of allylic oxidation sites excluding steroid dienone is 6. The molecule has 1 heterocycles. The van der Waals surface area contributed by atoms with Crippen molar-refractivity contribution in [1.82, 2.24) is 4.98 Å².